The zero-order valence-electron chi connectivity index (χ0n) is 14.1. The van der Waals surface area contributed by atoms with E-state index in [1.807, 2.05) is 24.3 Å². The van der Waals surface area contributed by atoms with Crippen LogP contribution >= 0.6 is 0 Å². The molecule has 0 fully saturated rings. The van der Waals surface area contributed by atoms with Crippen LogP contribution in [0.3, 0.4) is 0 Å². The van der Waals surface area contributed by atoms with Crippen molar-refractivity contribution in [2.75, 3.05) is 26.3 Å². The van der Waals surface area contributed by atoms with Gasteiger partial charge in [-0.05, 0) is 30.2 Å². The number of methoxy groups -OCH3 is 2. The minimum atomic E-state index is -0.382. The highest BCUT2D eigenvalue weighted by molar-refractivity contribution is 5.91. The lowest BCUT2D eigenvalue weighted by Crippen LogP contribution is -2.32. The molecule has 2 rings (SSSR count). The fourth-order valence-corrected chi connectivity index (χ4v) is 2.18. The summed E-state index contributed by atoms with van der Waals surface area (Å²) in [4.78, 5) is 12.0. The van der Waals surface area contributed by atoms with Gasteiger partial charge in [0.15, 0.2) is 6.73 Å². The predicted molar refractivity (Wildman–Crippen MR) is 93.0 cm³/mol. The first-order valence-corrected chi connectivity index (χ1v) is 7.65. The van der Waals surface area contributed by atoms with Gasteiger partial charge in [0.05, 0.1) is 19.9 Å². The van der Waals surface area contributed by atoms with Crippen molar-refractivity contribution in [2.24, 2.45) is 0 Å². The van der Waals surface area contributed by atoms with Crippen LogP contribution in [0.25, 0.3) is 0 Å². The molecule has 6 heteroatoms. The number of rotatable bonds is 7. The fraction of sp³-hybridized carbons (Fsp3) is 0.278. The SMILES string of the molecule is CCc1ccccc1OCNC(=O)Nc1ccc(OC)cc1OC. The minimum Gasteiger partial charge on any atom is -0.497 e. The zero-order chi connectivity index (χ0) is 17.4. The van der Waals surface area contributed by atoms with Crippen molar-refractivity contribution in [3.05, 3.63) is 48.0 Å². The van der Waals surface area contributed by atoms with Crippen LogP contribution in [0.1, 0.15) is 12.5 Å². The number of carbonyl (C=O) groups excluding carboxylic acids is 1. The monoisotopic (exact) mass is 330 g/mol. The molecule has 6 nitrogen and oxygen atoms in total. The lowest BCUT2D eigenvalue weighted by Gasteiger charge is -2.14. The summed E-state index contributed by atoms with van der Waals surface area (Å²) in [5, 5.41) is 5.37. The van der Waals surface area contributed by atoms with Gasteiger partial charge in [-0.3, -0.25) is 0 Å². The molecule has 0 saturated carbocycles. The Morgan fingerprint density at radius 1 is 1.04 bits per heavy atom. The summed E-state index contributed by atoms with van der Waals surface area (Å²) in [6.45, 7) is 2.12. The first kappa shape index (κ1) is 17.5. The van der Waals surface area contributed by atoms with Gasteiger partial charge < -0.3 is 24.8 Å². The third-order valence-corrected chi connectivity index (χ3v) is 3.47. The fourth-order valence-electron chi connectivity index (χ4n) is 2.18. The van der Waals surface area contributed by atoms with Crippen LogP contribution in [-0.4, -0.2) is 27.0 Å². The van der Waals surface area contributed by atoms with Gasteiger partial charge in [-0.1, -0.05) is 25.1 Å². The van der Waals surface area contributed by atoms with E-state index in [-0.39, 0.29) is 12.8 Å². The van der Waals surface area contributed by atoms with Crippen molar-refractivity contribution in [1.29, 1.82) is 0 Å². The molecular formula is C18H22N2O4. The highest BCUT2D eigenvalue weighted by Gasteiger charge is 2.09. The molecule has 0 aromatic heterocycles. The largest absolute Gasteiger partial charge is 0.497 e. The normalized spacial score (nSPS) is 9.96. The van der Waals surface area contributed by atoms with Crippen LogP contribution in [0.2, 0.25) is 0 Å². The Morgan fingerprint density at radius 3 is 2.54 bits per heavy atom. The molecule has 2 aromatic carbocycles. The van der Waals surface area contributed by atoms with E-state index < -0.39 is 0 Å². The number of anilines is 1. The summed E-state index contributed by atoms with van der Waals surface area (Å²) < 4.78 is 16.0. The van der Waals surface area contributed by atoms with Crippen LogP contribution in [0.5, 0.6) is 17.2 Å². The maximum absolute atomic E-state index is 12.0. The summed E-state index contributed by atoms with van der Waals surface area (Å²) >= 11 is 0. The molecule has 2 N–H and O–H groups in total. The topological polar surface area (TPSA) is 68.8 Å². The van der Waals surface area contributed by atoms with E-state index >= 15 is 0 Å². The molecular weight excluding hydrogens is 308 g/mol. The Morgan fingerprint density at radius 2 is 1.83 bits per heavy atom. The van der Waals surface area contributed by atoms with E-state index in [0.717, 1.165) is 17.7 Å². The second-order valence-electron chi connectivity index (χ2n) is 4.95. The number of hydrogen-bond acceptors (Lipinski definition) is 4. The van der Waals surface area contributed by atoms with Gasteiger partial charge in [-0.25, -0.2) is 4.79 Å². The molecule has 2 amide bonds. The van der Waals surface area contributed by atoms with E-state index in [2.05, 4.69) is 17.6 Å². The Kier molecular flexibility index (Phi) is 6.31. The van der Waals surface area contributed by atoms with Crippen molar-refractivity contribution in [3.63, 3.8) is 0 Å². The molecule has 128 valence electrons. The summed E-state index contributed by atoms with van der Waals surface area (Å²) in [6, 6.07) is 12.5. The molecule has 0 bridgehead atoms. The summed E-state index contributed by atoms with van der Waals surface area (Å²) in [7, 11) is 3.10. The van der Waals surface area contributed by atoms with Crippen molar-refractivity contribution in [3.8, 4) is 17.2 Å². The first-order chi connectivity index (χ1) is 11.7. The Bertz CT molecular complexity index is 688. The highest BCUT2D eigenvalue weighted by Crippen LogP contribution is 2.28. The molecule has 0 heterocycles. The van der Waals surface area contributed by atoms with Crippen molar-refractivity contribution < 1.29 is 19.0 Å². The van der Waals surface area contributed by atoms with E-state index in [9.17, 15) is 4.79 Å². The average molecular weight is 330 g/mol. The van der Waals surface area contributed by atoms with Gasteiger partial charge in [0.2, 0.25) is 0 Å². The first-order valence-electron chi connectivity index (χ1n) is 7.65. The lowest BCUT2D eigenvalue weighted by atomic mass is 10.1. The molecule has 0 saturated heterocycles. The molecule has 0 unspecified atom stereocenters. The number of benzene rings is 2. The van der Waals surface area contributed by atoms with E-state index in [1.165, 1.54) is 7.11 Å². The highest BCUT2D eigenvalue weighted by atomic mass is 16.5. The van der Waals surface area contributed by atoms with Crippen LogP contribution in [0, 0.1) is 0 Å². The Balaban J connectivity index is 1.89. The number of aryl methyl sites for hydroxylation is 1. The van der Waals surface area contributed by atoms with Crippen molar-refractivity contribution in [1.82, 2.24) is 5.32 Å². The quantitative estimate of drug-likeness (QED) is 0.763. The number of carbonyl (C=O) groups is 1. The van der Waals surface area contributed by atoms with Crippen molar-refractivity contribution >= 4 is 11.7 Å². The van der Waals surface area contributed by atoms with E-state index in [1.54, 1.807) is 25.3 Å². The second kappa shape index (κ2) is 8.67. The number of ether oxygens (including phenoxy) is 3. The van der Waals surface area contributed by atoms with Crippen LogP contribution in [0.4, 0.5) is 10.5 Å². The van der Waals surface area contributed by atoms with Crippen molar-refractivity contribution in [2.45, 2.75) is 13.3 Å². The minimum absolute atomic E-state index is 0.0708. The Labute approximate surface area is 141 Å². The van der Waals surface area contributed by atoms with Gasteiger partial charge in [-0.15, -0.1) is 0 Å². The average Bonchev–Trinajstić information content (AvgIpc) is 2.62. The molecule has 0 aliphatic carbocycles. The molecule has 24 heavy (non-hydrogen) atoms. The van der Waals surface area contributed by atoms with Crippen LogP contribution in [0.15, 0.2) is 42.5 Å². The lowest BCUT2D eigenvalue weighted by molar-refractivity contribution is 0.234. The van der Waals surface area contributed by atoms with E-state index in [4.69, 9.17) is 14.2 Å². The predicted octanol–water partition coefficient (Wildman–Crippen LogP) is 3.42. The number of hydrogen-bond donors (Lipinski definition) is 2. The van der Waals surface area contributed by atoms with Gasteiger partial charge in [0.1, 0.15) is 17.2 Å². The standard InChI is InChI=1S/C18H22N2O4/c1-4-13-7-5-6-8-16(13)24-12-19-18(21)20-15-10-9-14(22-2)11-17(15)23-3/h5-11H,4,12H2,1-3H3,(H2,19,20,21). The van der Waals surface area contributed by atoms with Gasteiger partial charge in [0.25, 0.3) is 0 Å². The summed E-state index contributed by atoms with van der Waals surface area (Å²) in [6.07, 6.45) is 0.866. The number of nitrogens with one attached hydrogen (secondary N) is 2. The maximum atomic E-state index is 12.0. The number of para-hydroxylation sites is 1. The smallest absolute Gasteiger partial charge is 0.321 e. The molecule has 0 spiro atoms. The van der Waals surface area contributed by atoms with Crippen LogP contribution < -0.4 is 24.8 Å². The number of urea groups is 1. The zero-order valence-corrected chi connectivity index (χ0v) is 14.1. The molecule has 2 aromatic rings. The third kappa shape index (κ3) is 4.55. The van der Waals surface area contributed by atoms with Gasteiger partial charge >= 0.3 is 6.03 Å². The van der Waals surface area contributed by atoms with Crippen LogP contribution in [-0.2, 0) is 6.42 Å². The Hall–Kier alpha value is -2.89. The van der Waals surface area contributed by atoms with Gasteiger partial charge in [0, 0.05) is 6.07 Å². The van der Waals surface area contributed by atoms with Gasteiger partial charge in [-0.2, -0.15) is 0 Å². The maximum Gasteiger partial charge on any atom is 0.321 e. The summed E-state index contributed by atoms with van der Waals surface area (Å²) in [5.74, 6) is 1.93. The molecule has 0 aliphatic heterocycles. The molecule has 0 radical (unpaired) electrons. The third-order valence-electron chi connectivity index (χ3n) is 3.47. The van der Waals surface area contributed by atoms with E-state index in [0.29, 0.717) is 17.2 Å². The molecule has 0 atom stereocenters. The number of amides is 2. The second-order valence-corrected chi connectivity index (χ2v) is 4.95. The summed E-state index contributed by atoms with van der Waals surface area (Å²) in [5.41, 5.74) is 1.64. The molecule has 0 aliphatic rings.